The summed E-state index contributed by atoms with van der Waals surface area (Å²) in [5.74, 6) is -0.785. The highest BCUT2D eigenvalue weighted by Crippen LogP contribution is 2.19. The normalized spacial score (nSPS) is 10.5. The van der Waals surface area contributed by atoms with Gasteiger partial charge < -0.3 is 9.88 Å². The Bertz CT molecular complexity index is 810. The van der Waals surface area contributed by atoms with Crippen molar-refractivity contribution in [2.24, 2.45) is 0 Å². The summed E-state index contributed by atoms with van der Waals surface area (Å²) >= 11 is 0. The molecule has 0 radical (unpaired) electrons. The molecular weight excluding hydrogens is 279 g/mol. The Hall–Kier alpha value is -2.88. The van der Waals surface area contributed by atoms with Crippen molar-refractivity contribution in [3.63, 3.8) is 0 Å². The maximum atomic E-state index is 13.6. The average Bonchev–Trinajstić information content (AvgIpc) is 3.04. The number of carbonyl (C=O) groups excluding carboxylic acids is 1. The van der Waals surface area contributed by atoms with Crippen LogP contribution in [0.5, 0.6) is 0 Å². The van der Waals surface area contributed by atoms with Gasteiger partial charge in [0.15, 0.2) is 0 Å². The highest BCUT2D eigenvalue weighted by molar-refractivity contribution is 6.04. The maximum absolute atomic E-state index is 13.6. The molecule has 0 unspecified atom stereocenters. The Morgan fingerprint density at radius 3 is 2.50 bits per heavy atom. The number of nitrogens with one attached hydrogen (secondary N) is 1. The summed E-state index contributed by atoms with van der Waals surface area (Å²) in [6, 6.07) is 15.4. The van der Waals surface area contributed by atoms with E-state index in [0.29, 0.717) is 5.56 Å². The lowest BCUT2D eigenvalue weighted by molar-refractivity contribution is 0.102. The van der Waals surface area contributed by atoms with E-state index in [2.05, 4.69) is 5.32 Å². The lowest BCUT2D eigenvalue weighted by atomic mass is 10.1. The molecule has 22 heavy (non-hydrogen) atoms. The number of benzene rings is 2. The van der Waals surface area contributed by atoms with E-state index in [1.165, 1.54) is 12.1 Å². The van der Waals surface area contributed by atoms with Gasteiger partial charge in [-0.1, -0.05) is 18.2 Å². The molecule has 1 heterocycles. The lowest BCUT2D eigenvalue weighted by Crippen LogP contribution is -2.13. The van der Waals surface area contributed by atoms with Crippen LogP contribution in [-0.4, -0.2) is 10.5 Å². The van der Waals surface area contributed by atoms with Crippen molar-refractivity contribution >= 4 is 11.6 Å². The highest BCUT2D eigenvalue weighted by Gasteiger charge is 2.11. The number of hydrogen-bond acceptors (Lipinski definition) is 1. The van der Waals surface area contributed by atoms with Crippen LogP contribution in [0.3, 0.4) is 0 Å². The Balaban J connectivity index is 1.91. The molecule has 0 saturated carbocycles. The molecule has 1 aromatic heterocycles. The van der Waals surface area contributed by atoms with Crippen LogP contribution in [-0.2, 0) is 0 Å². The number of amides is 1. The summed E-state index contributed by atoms with van der Waals surface area (Å²) in [6.07, 6.45) is 3.84. The largest absolute Gasteiger partial charge is 0.324 e. The third-order valence-corrected chi connectivity index (χ3v) is 3.48. The number of hydrogen-bond donors (Lipinski definition) is 1. The molecule has 3 nitrogen and oxygen atoms in total. The zero-order chi connectivity index (χ0) is 15.5. The average molecular weight is 294 g/mol. The van der Waals surface area contributed by atoms with Gasteiger partial charge in [-0.15, -0.1) is 0 Å². The van der Waals surface area contributed by atoms with Crippen LogP contribution < -0.4 is 5.32 Å². The van der Waals surface area contributed by atoms with Gasteiger partial charge in [0.2, 0.25) is 0 Å². The molecule has 0 fully saturated rings. The molecule has 0 bridgehead atoms. The van der Waals surface area contributed by atoms with Crippen LogP contribution in [0.4, 0.5) is 10.1 Å². The topological polar surface area (TPSA) is 34.0 Å². The van der Waals surface area contributed by atoms with E-state index in [9.17, 15) is 9.18 Å². The second-order valence-corrected chi connectivity index (χ2v) is 5.03. The minimum absolute atomic E-state index is 0.176. The molecule has 2 aromatic carbocycles. The third-order valence-electron chi connectivity index (χ3n) is 3.48. The Kier molecular flexibility index (Phi) is 3.74. The molecule has 3 rings (SSSR count). The molecule has 0 aliphatic carbocycles. The SMILES string of the molecule is Cc1ccc(C(=O)Nc2ccccc2F)cc1-n1cccc1. The zero-order valence-electron chi connectivity index (χ0n) is 12.1. The van der Waals surface area contributed by atoms with Crippen molar-refractivity contribution in [2.45, 2.75) is 6.92 Å². The smallest absolute Gasteiger partial charge is 0.255 e. The van der Waals surface area contributed by atoms with Gasteiger partial charge in [-0.2, -0.15) is 0 Å². The van der Waals surface area contributed by atoms with Crippen molar-refractivity contribution in [2.75, 3.05) is 5.32 Å². The van der Waals surface area contributed by atoms with Crippen LogP contribution in [0.1, 0.15) is 15.9 Å². The summed E-state index contributed by atoms with van der Waals surface area (Å²) in [4.78, 5) is 12.3. The van der Waals surface area contributed by atoms with Gasteiger partial charge in [0.1, 0.15) is 5.82 Å². The minimum atomic E-state index is -0.450. The fourth-order valence-electron chi connectivity index (χ4n) is 2.28. The summed E-state index contributed by atoms with van der Waals surface area (Å²) in [7, 11) is 0. The minimum Gasteiger partial charge on any atom is -0.324 e. The van der Waals surface area contributed by atoms with E-state index in [4.69, 9.17) is 0 Å². The Morgan fingerprint density at radius 1 is 1.05 bits per heavy atom. The quantitative estimate of drug-likeness (QED) is 0.772. The molecule has 0 aliphatic rings. The number of halogens is 1. The predicted molar refractivity (Wildman–Crippen MR) is 84.9 cm³/mol. The van der Waals surface area contributed by atoms with Crippen molar-refractivity contribution in [3.05, 3.63) is 83.9 Å². The van der Waals surface area contributed by atoms with Crippen molar-refractivity contribution in [1.82, 2.24) is 4.57 Å². The van der Waals surface area contributed by atoms with Crippen LogP contribution in [0, 0.1) is 12.7 Å². The van der Waals surface area contributed by atoms with Crippen LogP contribution in [0.2, 0.25) is 0 Å². The molecule has 1 N–H and O–H groups in total. The van der Waals surface area contributed by atoms with Gasteiger partial charge in [-0.25, -0.2) is 4.39 Å². The highest BCUT2D eigenvalue weighted by atomic mass is 19.1. The van der Waals surface area contributed by atoms with E-state index in [1.54, 1.807) is 24.3 Å². The molecule has 0 atom stereocenters. The predicted octanol–water partition coefficient (Wildman–Crippen LogP) is 4.18. The van der Waals surface area contributed by atoms with Gasteiger partial charge in [-0.05, 0) is 48.9 Å². The van der Waals surface area contributed by atoms with Crippen molar-refractivity contribution < 1.29 is 9.18 Å². The van der Waals surface area contributed by atoms with Gasteiger partial charge in [0.05, 0.1) is 5.69 Å². The monoisotopic (exact) mass is 294 g/mol. The molecule has 110 valence electrons. The first-order chi connectivity index (χ1) is 10.6. The zero-order valence-corrected chi connectivity index (χ0v) is 12.1. The number of anilines is 1. The van der Waals surface area contributed by atoms with Crippen LogP contribution >= 0.6 is 0 Å². The first-order valence-electron chi connectivity index (χ1n) is 6.95. The second kappa shape index (κ2) is 5.85. The Morgan fingerprint density at radius 2 is 1.77 bits per heavy atom. The molecule has 1 amide bonds. The van der Waals surface area contributed by atoms with E-state index in [0.717, 1.165) is 11.3 Å². The molecular formula is C18H15FN2O. The standard InChI is InChI=1S/C18H15FN2O/c1-13-8-9-14(12-17(13)21-10-4-5-11-21)18(22)20-16-7-3-2-6-15(16)19/h2-12H,1H3,(H,20,22). The fraction of sp³-hybridized carbons (Fsp3) is 0.0556. The van der Waals surface area contributed by atoms with E-state index >= 15 is 0 Å². The van der Waals surface area contributed by atoms with Crippen LogP contribution in [0.15, 0.2) is 67.0 Å². The van der Waals surface area contributed by atoms with Crippen molar-refractivity contribution in [3.8, 4) is 5.69 Å². The number of nitrogens with zero attached hydrogens (tertiary/aromatic N) is 1. The number of carbonyl (C=O) groups is 1. The first kappa shape index (κ1) is 14.1. The first-order valence-corrected chi connectivity index (χ1v) is 6.95. The summed E-state index contributed by atoms with van der Waals surface area (Å²) in [5, 5.41) is 2.60. The number of rotatable bonds is 3. The molecule has 0 aliphatic heterocycles. The molecule has 0 saturated heterocycles. The number of para-hydroxylation sites is 1. The van der Waals surface area contributed by atoms with Gasteiger partial charge >= 0.3 is 0 Å². The van der Waals surface area contributed by atoms with E-state index < -0.39 is 5.82 Å². The second-order valence-electron chi connectivity index (χ2n) is 5.03. The summed E-state index contributed by atoms with van der Waals surface area (Å²) < 4.78 is 15.6. The van der Waals surface area contributed by atoms with Gasteiger partial charge in [-0.3, -0.25) is 4.79 Å². The number of aryl methyl sites for hydroxylation is 1. The van der Waals surface area contributed by atoms with Crippen molar-refractivity contribution in [1.29, 1.82) is 0 Å². The van der Waals surface area contributed by atoms with Crippen LogP contribution in [0.25, 0.3) is 5.69 Å². The summed E-state index contributed by atoms with van der Waals surface area (Å²) in [5.41, 5.74) is 2.64. The van der Waals surface area contributed by atoms with E-state index in [1.807, 2.05) is 42.1 Å². The molecule has 4 heteroatoms. The summed E-state index contributed by atoms with van der Waals surface area (Å²) in [6.45, 7) is 1.98. The maximum Gasteiger partial charge on any atom is 0.255 e. The lowest BCUT2D eigenvalue weighted by Gasteiger charge is -2.11. The molecule has 0 spiro atoms. The molecule has 3 aromatic rings. The van der Waals surface area contributed by atoms with Gasteiger partial charge in [0.25, 0.3) is 5.91 Å². The van der Waals surface area contributed by atoms with Gasteiger partial charge in [0, 0.05) is 23.6 Å². The fourth-order valence-corrected chi connectivity index (χ4v) is 2.28. The van der Waals surface area contributed by atoms with E-state index in [-0.39, 0.29) is 11.6 Å². The number of aromatic nitrogens is 1. The third kappa shape index (κ3) is 2.76. The Labute approximate surface area is 128 Å².